The van der Waals surface area contributed by atoms with Crippen LogP contribution in [0.3, 0.4) is 0 Å². The van der Waals surface area contributed by atoms with Gasteiger partial charge in [0.2, 0.25) is 5.91 Å². The largest absolute Gasteiger partial charge is 0.376 e. The van der Waals surface area contributed by atoms with Crippen LogP contribution in [0.15, 0.2) is 30.3 Å². The highest BCUT2D eigenvalue weighted by atomic mass is 16.5. The molecule has 1 aliphatic carbocycles. The Bertz CT molecular complexity index is 568. The summed E-state index contributed by atoms with van der Waals surface area (Å²) in [6, 6.07) is 11.1. The molecule has 4 nitrogen and oxygen atoms in total. The molecule has 0 aromatic heterocycles. The summed E-state index contributed by atoms with van der Waals surface area (Å²) in [6.07, 6.45) is 3.60. The summed E-state index contributed by atoms with van der Waals surface area (Å²) in [6.45, 7) is 6.93. The molecule has 4 heteroatoms. The number of piperidine rings is 1. The highest BCUT2D eigenvalue weighted by Gasteiger charge is 2.46. The average molecular weight is 328 g/mol. The number of hydrogen-bond acceptors (Lipinski definition) is 3. The van der Waals surface area contributed by atoms with E-state index in [-0.39, 0.29) is 5.92 Å². The number of carbonyl (C=O) groups excluding carboxylic acids is 1. The molecule has 3 aliphatic rings. The van der Waals surface area contributed by atoms with Crippen molar-refractivity contribution in [2.24, 2.45) is 5.92 Å². The normalized spacial score (nSPS) is 31.9. The number of nitrogens with zero attached hydrogens (tertiary/aromatic N) is 2. The molecule has 4 rings (SSSR count). The number of benzene rings is 1. The van der Waals surface area contributed by atoms with Crippen LogP contribution in [0.2, 0.25) is 0 Å². The van der Waals surface area contributed by atoms with E-state index in [0.717, 1.165) is 52.0 Å². The first kappa shape index (κ1) is 16.1. The van der Waals surface area contributed by atoms with Gasteiger partial charge >= 0.3 is 0 Å². The second kappa shape index (κ2) is 6.85. The van der Waals surface area contributed by atoms with Crippen molar-refractivity contribution in [3.8, 4) is 0 Å². The molecule has 130 valence electrons. The molecule has 24 heavy (non-hydrogen) atoms. The minimum Gasteiger partial charge on any atom is -0.376 e. The quantitative estimate of drug-likeness (QED) is 0.855. The zero-order valence-corrected chi connectivity index (χ0v) is 14.6. The third-order valence-corrected chi connectivity index (χ3v) is 5.90. The number of likely N-dealkylation sites (tertiary alicyclic amines) is 1. The Morgan fingerprint density at radius 2 is 1.88 bits per heavy atom. The zero-order valence-electron chi connectivity index (χ0n) is 14.6. The molecule has 0 unspecified atom stereocenters. The summed E-state index contributed by atoms with van der Waals surface area (Å²) >= 11 is 0. The Balaban J connectivity index is 1.28. The highest BCUT2D eigenvalue weighted by Crippen LogP contribution is 2.48. The molecule has 0 radical (unpaired) electrons. The van der Waals surface area contributed by atoms with E-state index >= 15 is 0 Å². The lowest BCUT2D eigenvalue weighted by atomic mass is 10.0. The van der Waals surface area contributed by atoms with Gasteiger partial charge in [0.15, 0.2) is 0 Å². The van der Waals surface area contributed by atoms with Gasteiger partial charge in [0, 0.05) is 38.1 Å². The number of carbonyl (C=O) groups is 1. The number of amides is 1. The van der Waals surface area contributed by atoms with E-state index in [1.54, 1.807) is 0 Å². The van der Waals surface area contributed by atoms with Gasteiger partial charge in [0.1, 0.15) is 0 Å². The number of morpholine rings is 1. The fourth-order valence-corrected chi connectivity index (χ4v) is 4.40. The molecule has 1 saturated carbocycles. The van der Waals surface area contributed by atoms with Gasteiger partial charge in [0.25, 0.3) is 0 Å². The summed E-state index contributed by atoms with van der Waals surface area (Å²) in [5, 5.41) is 0. The van der Waals surface area contributed by atoms with Gasteiger partial charge in [-0.2, -0.15) is 0 Å². The lowest BCUT2D eigenvalue weighted by Crippen LogP contribution is -2.52. The van der Waals surface area contributed by atoms with E-state index in [4.69, 9.17) is 4.74 Å². The first-order valence-corrected chi connectivity index (χ1v) is 9.42. The van der Waals surface area contributed by atoms with Crippen LogP contribution in [0.5, 0.6) is 0 Å². The van der Waals surface area contributed by atoms with Crippen LogP contribution in [0.1, 0.15) is 37.7 Å². The van der Waals surface area contributed by atoms with E-state index < -0.39 is 0 Å². The first-order chi connectivity index (χ1) is 11.7. The summed E-state index contributed by atoms with van der Waals surface area (Å²) in [5.74, 6) is 1.07. The van der Waals surface area contributed by atoms with Gasteiger partial charge in [-0.25, -0.2) is 0 Å². The molecule has 0 N–H and O–H groups in total. The molecular formula is C20H28N2O2. The van der Waals surface area contributed by atoms with Crippen molar-refractivity contribution in [3.05, 3.63) is 35.9 Å². The SMILES string of the molecule is C[C@@H]1CN(C2CCN(C(=O)[C@@H]3C[C@H]3c3ccccc3)CC2)CCO1. The maximum absolute atomic E-state index is 12.8. The van der Waals surface area contributed by atoms with E-state index in [1.807, 2.05) is 6.07 Å². The minimum atomic E-state index is 0.229. The second-order valence-corrected chi connectivity index (χ2v) is 7.59. The summed E-state index contributed by atoms with van der Waals surface area (Å²) in [4.78, 5) is 17.5. The topological polar surface area (TPSA) is 32.8 Å². The van der Waals surface area contributed by atoms with Crippen molar-refractivity contribution in [2.45, 2.75) is 44.2 Å². The molecule has 1 aromatic carbocycles. The van der Waals surface area contributed by atoms with Crippen molar-refractivity contribution in [1.82, 2.24) is 9.80 Å². The van der Waals surface area contributed by atoms with Crippen molar-refractivity contribution < 1.29 is 9.53 Å². The predicted octanol–water partition coefficient (Wildman–Crippen LogP) is 2.50. The van der Waals surface area contributed by atoms with Crippen LogP contribution in [-0.2, 0) is 9.53 Å². The van der Waals surface area contributed by atoms with Gasteiger partial charge in [-0.3, -0.25) is 9.69 Å². The third-order valence-electron chi connectivity index (χ3n) is 5.90. The highest BCUT2D eigenvalue weighted by molar-refractivity contribution is 5.83. The molecule has 2 aliphatic heterocycles. The molecule has 0 spiro atoms. The maximum Gasteiger partial charge on any atom is 0.226 e. The van der Waals surface area contributed by atoms with Gasteiger partial charge in [-0.05, 0) is 37.7 Å². The Morgan fingerprint density at radius 1 is 1.12 bits per heavy atom. The predicted molar refractivity (Wildman–Crippen MR) is 93.9 cm³/mol. The maximum atomic E-state index is 12.8. The molecule has 3 atom stereocenters. The van der Waals surface area contributed by atoms with Crippen LogP contribution >= 0.6 is 0 Å². The molecule has 0 bridgehead atoms. The molecule has 1 aromatic rings. The summed E-state index contributed by atoms with van der Waals surface area (Å²) < 4.78 is 5.65. The summed E-state index contributed by atoms with van der Waals surface area (Å²) in [5.41, 5.74) is 1.33. The molecule has 1 amide bonds. The van der Waals surface area contributed by atoms with Crippen LogP contribution in [0.25, 0.3) is 0 Å². The van der Waals surface area contributed by atoms with Gasteiger partial charge in [-0.1, -0.05) is 30.3 Å². The van der Waals surface area contributed by atoms with Gasteiger partial charge in [-0.15, -0.1) is 0 Å². The monoisotopic (exact) mass is 328 g/mol. The Morgan fingerprint density at radius 3 is 2.58 bits per heavy atom. The molecule has 3 fully saturated rings. The third kappa shape index (κ3) is 3.35. The fourth-order valence-electron chi connectivity index (χ4n) is 4.40. The Hall–Kier alpha value is -1.39. The lowest BCUT2D eigenvalue weighted by molar-refractivity contribution is -0.134. The van der Waals surface area contributed by atoms with Crippen LogP contribution < -0.4 is 0 Å². The van der Waals surface area contributed by atoms with Crippen molar-refractivity contribution in [3.63, 3.8) is 0 Å². The number of ether oxygens (including phenoxy) is 1. The van der Waals surface area contributed by atoms with Gasteiger partial charge < -0.3 is 9.64 Å². The fraction of sp³-hybridized carbons (Fsp3) is 0.650. The smallest absolute Gasteiger partial charge is 0.226 e. The van der Waals surface area contributed by atoms with Gasteiger partial charge in [0.05, 0.1) is 12.7 Å². The average Bonchev–Trinajstić information content (AvgIpc) is 3.43. The van der Waals surface area contributed by atoms with E-state index in [0.29, 0.717) is 24.0 Å². The van der Waals surface area contributed by atoms with E-state index in [9.17, 15) is 4.79 Å². The Labute approximate surface area is 144 Å². The van der Waals surface area contributed by atoms with Crippen molar-refractivity contribution in [1.29, 1.82) is 0 Å². The van der Waals surface area contributed by atoms with Crippen molar-refractivity contribution in [2.75, 3.05) is 32.8 Å². The van der Waals surface area contributed by atoms with E-state index in [1.165, 1.54) is 5.56 Å². The lowest BCUT2D eigenvalue weighted by Gasteiger charge is -2.41. The number of rotatable bonds is 3. The number of hydrogen-bond donors (Lipinski definition) is 0. The van der Waals surface area contributed by atoms with E-state index in [2.05, 4.69) is 41.0 Å². The Kier molecular flexibility index (Phi) is 4.59. The second-order valence-electron chi connectivity index (χ2n) is 7.59. The summed E-state index contributed by atoms with van der Waals surface area (Å²) in [7, 11) is 0. The molecule has 2 saturated heterocycles. The molecular weight excluding hydrogens is 300 g/mol. The first-order valence-electron chi connectivity index (χ1n) is 9.42. The standard InChI is InChI=1S/C20H28N2O2/c1-15-14-22(11-12-24-15)17-7-9-21(10-8-17)20(23)19-13-18(19)16-5-3-2-4-6-16/h2-6,15,17-19H,7-14H2,1H3/t15-,18+,19-/m1/s1. The van der Waals surface area contributed by atoms with Crippen LogP contribution in [-0.4, -0.2) is 60.6 Å². The zero-order chi connectivity index (χ0) is 16.5. The van der Waals surface area contributed by atoms with Crippen LogP contribution in [0, 0.1) is 5.92 Å². The minimum absolute atomic E-state index is 0.229. The molecule has 2 heterocycles. The van der Waals surface area contributed by atoms with Crippen molar-refractivity contribution >= 4 is 5.91 Å². The van der Waals surface area contributed by atoms with Crippen LogP contribution in [0.4, 0.5) is 0 Å².